The maximum absolute atomic E-state index is 16.4. The molecular weight excluding hydrogens is 877 g/mol. The molecule has 1 spiro atoms. The number of hydrogen-bond donors (Lipinski definition) is 3. The number of pyridine rings is 1. The highest BCUT2D eigenvalue weighted by Crippen LogP contribution is 2.66. The van der Waals surface area contributed by atoms with Gasteiger partial charge in [0.1, 0.15) is 42.1 Å². The molecule has 4 heterocycles. The van der Waals surface area contributed by atoms with E-state index in [9.17, 15) is 15.0 Å². The molecule has 0 radical (unpaired) electrons. The van der Waals surface area contributed by atoms with Gasteiger partial charge in [-0.1, -0.05) is 104 Å². The fourth-order valence-corrected chi connectivity index (χ4v) is 10.7. The number of aliphatic hydroxyl groups is 2. The second-order valence-corrected chi connectivity index (χ2v) is 17.9. The number of imide groups is 1. The molecule has 14 heteroatoms. The van der Waals surface area contributed by atoms with E-state index in [1.165, 1.54) is 7.11 Å². The molecule has 0 bridgehead atoms. The van der Waals surface area contributed by atoms with Crippen molar-refractivity contribution in [1.82, 2.24) is 15.2 Å². The molecule has 1 saturated carbocycles. The summed E-state index contributed by atoms with van der Waals surface area (Å²) >= 11 is 0. The highest BCUT2D eigenvalue weighted by atomic mass is 16.6. The molecule has 4 aromatic carbocycles. The maximum atomic E-state index is 16.4. The molecule has 3 amide bonds. The van der Waals surface area contributed by atoms with E-state index < -0.39 is 65.0 Å². The topological polar surface area (TPSA) is 177 Å². The van der Waals surface area contributed by atoms with Gasteiger partial charge in [0.25, 0.3) is 0 Å². The van der Waals surface area contributed by atoms with Crippen LogP contribution in [0.4, 0.5) is 10.5 Å². The number of esters is 1. The summed E-state index contributed by atoms with van der Waals surface area (Å²) in [5.41, 5.74) is 0.284. The van der Waals surface area contributed by atoms with Gasteiger partial charge in [-0.05, 0) is 90.4 Å². The van der Waals surface area contributed by atoms with Gasteiger partial charge in [0.05, 0.1) is 36.9 Å². The SMILES string of the molecule is COCCOC(=O)N1C(=O)C2(c3cc(C#CC4(O)CCCCCC4)ccc31)C(C(=O)NCCc1ccccn1)C1C(=O)OC(c3ccccc3)C(c3ccccc3)N1C2c1ccc(OCCO)cc1. The predicted octanol–water partition coefficient (Wildman–Crippen LogP) is 6.70. The van der Waals surface area contributed by atoms with Gasteiger partial charge in [-0.25, -0.2) is 9.69 Å². The van der Waals surface area contributed by atoms with Crippen LogP contribution in [-0.2, 0) is 40.4 Å². The highest BCUT2D eigenvalue weighted by Gasteiger charge is 2.75. The minimum Gasteiger partial charge on any atom is -0.491 e. The number of carbonyl (C=O) groups excluding carboxylic acids is 4. The number of aliphatic hydroxyl groups excluding tert-OH is 1. The number of rotatable bonds is 13. The number of benzene rings is 4. The number of fused-ring (bicyclic) bond motifs is 3. The summed E-state index contributed by atoms with van der Waals surface area (Å²) in [6, 6.07) is 33.1. The molecule has 5 aromatic rings. The maximum Gasteiger partial charge on any atom is 0.421 e. The zero-order valence-corrected chi connectivity index (χ0v) is 38.5. The Morgan fingerprint density at radius 3 is 2.22 bits per heavy atom. The predicted molar refractivity (Wildman–Crippen MR) is 255 cm³/mol. The van der Waals surface area contributed by atoms with Crippen molar-refractivity contribution in [1.29, 1.82) is 0 Å². The first kappa shape index (κ1) is 47.2. The van der Waals surface area contributed by atoms with Crippen molar-refractivity contribution in [2.45, 2.75) is 80.2 Å². The molecule has 69 heavy (non-hydrogen) atoms. The number of methoxy groups -OCH3 is 1. The van der Waals surface area contributed by atoms with E-state index >= 15 is 14.4 Å². The largest absolute Gasteiger partial charge is 0.491 e. The van der Waals surface area contributed by atoms with E-state index in [1.54, 1.807) is 54.7 Å². The van der Waals surface area contributed by atoms with Crippen molar-refractivity contribution in [2.24, 2.45) is 5.92 Å². The minimum atomic E-state index is -2.04. The molecule has 356 valence electrons. The molecule has 1 aromatic heterocycles. The highest BCUT2D eigenvalue weighted by molar-refractivity contribution is 6.23. The standard InChI is InChI=1S/C55H56N4O10/c1-66-34-35-68-53(64)58-44-24-19-37(25-29-54(65)27-11-2-3-12-28-54)36-43(44)55(52(58)63)45(50(61)57-31-26-41-18-10-13-30-56-41)47-51(62)69-48(39-16-8-5-9-17-39)46(38-14-6-4-7-15-38)59(47)49(55)40-20-22-42(23-21-40)67-33-32-60/h4-10,13-24,30,36,45-49,60,65H,2-3,11-12,26-28,31-35H2,1H3,(H,57,61). The minimum absolute atomic E-state index is 0.0350. The molecule has 6 atom stereocenters. The fraction of sp³-hybridized carbons (Fsp3) is 0.364. The number of morpholine rings is 1. The van der Waals surface area contributed by atoms with Crippen LogP contribution in [-0.4, -0.2) is 95.7 Å². The van der Waals surface area contributed by atoms with Crippen LogP contribution in [0.5, 0.6) is 5.75 Å². The average Bonchev–Trinajstić information content (AvgIpc) is 3.71. The van der Waals surface area contributed by atoms with Crippen LogP contribution in [0.3, 0.4) is 0 Å². The Bertz CT molecular complexity index is 2690. The summed E-state index contributed by atoms with van der Waals surface area (Å²) < 4.78 is 23.3. The Kier molecular flexibility index (Phi) is 14.2. The van der Waals surface area contributed by atoms with Crippen molar-refractivity contribution in [3.05, 3.63) is 161 Å². The number of ether oxygens (including phenoxy) is 4. The normalized spacial score (nSPS) is 23.8. The third kappa shape index (κ3) is 9.23. The molecule has 3 fully saturated rings. The lowest BCUT2D eigenvalue weighted by Crippen LogP contribution is -2.56. The number of carbonyl (C=O) groups is 4. The molecule has 14 nitrogen and oxygen atoms in total. The average molecular weight is 933 g/mol. The van der Waals surface area contributed by atoms with Gasteiger partial charge in [-0.3, -0.25) is 24.3 Å². The van der Waals surface area contributed by atoms with Gasteiger partial charge in [0, 0.05) is 37.5 Å². The van der Waals surface area contributed by atoms with Crippen molar-refractivity contribution in [3.8, 4) is 17.6 Å². The van der Waals surface area contributed by atoms with Crippen LogP contribution in [0, 0.1) is 17.8 Å². The smallest absolute Gasteiger partial charge is 0.421 e. The number of aromatic nitrogens is 1. The van der Waals surface area contributed by atoms with Crippen molar-refractivity contribution in [3.63, 3.8) is 0 Å². The van der Waals surface area contributed by atoms with Crippen molar-refractivity contribution in [2.75, 3.05) is 45.0 Å². The van der Waals surface area contributed by atoms with E-state index in [0.717, 1.165) is 41.8 Å². The van der Waals surface area contributed by atoms with E-state index in [1.807, 2.05) is 77.7 Å². The summed E-state index contributed by atoms with van der Waals surface area (Å²) in [5, 5.41) is 24.4. The zero-order valence-electron chi connectivity index (χ0n) is 38.5. The van der Waals surface area contributed by atoms with Crippen molar-refractivity contribution < 1.29 is 48.3 Å². The molecule has 4 aliphatic rings. The lowest BCUT2D eigenvalue weighted by atomic mass is 9.65. The third-order valence-corrected chi connectivity index (χ3v) is 13.8. The van der Waals surface area contributed by atoms with Crippen LogP contribution >= 0.6 is 0 Å². The lowest BCUT2D eigenvalue weighted by molar-refractivity contribution is -0.178. The molecule has 9 rings (SSSR count). The Balaban J connectivity index is 1.31. The summed E-state index contributed by atoms with van der Waals surface area (Å²) in [6.07, 6.45) is 4.79. The number of amides is 3. The number of cyclic esters (lactones) is 1. The van der Waals surface area contributed by atoms with Crippen LogP contribution < -0.4 is 15.0 Å². The second kappa shape index (κ2) is 20.8. The molecule has 2 saturated heterocycles. The zero-order chi connectivity index (χ0) is 48.0. The summed E-state index contributed by atoms with van der Waals surface area (Å²) in [4.78, 5) is 69.4. The number of hydrogen-bond acceptors (Lipinski definition) is 12. The van der Waals surface area contributed by atoms with E-state index in [-0.39, 0.29) is 44.2 Å². The van der Waals surface area contributed by atoms with Crippen LogP contribution in [0.1, 0.15) is 90.2 Å². The molecular formula is C55H56N4O10. The third-order valence-electron chi connectivity index (χ3n) is 13.8. The van der Waals surface area contributed by atoms with Gasteiger partial charge in [-0.2, -0.15) is 0 Å². The van der Waals surface area contributed by atoms with Crippen molar-refractivity contribution >= 4 is 29.6 Å². The Hall–Kier alpha value is -6.89. The first-order valence-electron chi connectivity index (χ1n) is 23.7. The second-order valence-electron chi connectivity index (χ2n) is 17.9. The number of nitrogens with zero attached hydrogens (tertiary/aromatic N) is 3. The lowest BCUT2D eigenvalue weighted by Gasteiger charge is -2.46. The monoisotopic (exact) mass is 932 g/mol. The molecule has 3 N–H and O–H groups in total. The molecule has 6 unspecified atom stereocenters. The van der Waals surface area contributed by atoms with Gasteiger partial charge >= 0.3 is 12.1 Å². The Labute approximate surface area is 401 Å². The van der Waals surface area contributed by atoms with E-state index in [2.05, 4.69) is 22.1 Å². The molecule has 1 aliphatic carbocycles. The van der Waals surface area contributed by atoms with E-state index in [4.69, 9.17) is 18.9 Å². The number of anilines is 1. The first-order chi connectivity index (χ1) is 33.7. The summed E-state index contributed by atoms with van der Waals surface area (Å²) in [7, 11) is 1.47. The number of nitrogens with one attached hydrogen (secondary N) is 1. The summed E-state index contributed by atoms with van der Waals surface area (Å²) in [6.45, 7) is -0.192. The quantitative estimate of drug-likeness (QED) is 0.0494. The van der Waals surface area contributed by atoms with Gasteiger partial charge in [0.15, 0.2) is 0 Å². The van der Waals surface area contributed by atoms with E-state index in [0.29, 0.717) is 41.7 Å². The first-order valence-corrected chi connectivity index (χ1v) is 23.7. The van der Waals surface area contributed by atoms with Gasteiger partial charge < -0.3 is 34.5 Å². The Morgan fingerprint density at radius 2 is 1.54 bits per heavy atom. The fourth-order valence-electron chi connectivity index (χ4n) is 10.7. The van der Waals surface area contributed by atoms with Gasteiger partial charge in [0.2, 0.25) is 11.8 Å². The van der Waals surface area contributed by atoms with Gasteiger partial charge in [-0.15, -0.1) is 0 Å². The van der Waals surface area contributed by atoms with Crippen LogP contribution in [0.15, 0.2) is 128 Å². The van der Waals surface area contributed by atoms with Crippen LogP contribution in [0.25, 0.3) is 0 Å². The molecule has 3 aliphatic heterocycles. The summed E-state index contributed by atoms with van der Waals surface area (Å²) in [5.74, 6) is 3.16. The Morgan fingerprint density at radius 1 is 0.826 bits per heavy atom. The van der Waals surface area contributed by atoms with Crippen LogP contribution in [0.2, 0.25) is 0 Å².